The van der Waals surface area contributed by atoms with E-state index >= 15 is 0 Å². The standard InChI is InChI=1S/C7H12/c1-4-7-5(2)6(7)3/h4-7H,1H2,2-3H3. The van der Waals surface area contributed by atoms with E-state index in [0.29, 0.717) is 0 Å². The minimum Gasteiger partial charge on any atom is -0.103 e. The largest absolute Gasteiger partial charge is 0.103 e. The van der Waals surface area contributed by atoms with Gasteiger partial charge in [-0.2, -0.15) is 0 Å². The third-order valence-corrected chi connectivity index (χ3v) is 2.17. The van der Waals surface area contributed by atoms with Crippen LogP contribution in [0.25, 0.3) is 0 Å². The predicted octanol–water partition coefficient (Wildman–Crippen LogP) is 2.07. The molecule has 0 aromatic rings. The van der Waals surface area contributed by atoms with Gasteiger partial charge in [-0.25, -0.2) is 0 Å². The first-order chi connectivity index (χ1) is 3.27. The molecule has 0 radical (unpaired) electrons. The molecule has 0 heterocycles. The summed E-state index contributed by atoms with van der Waals surface area (Å²) in [5, 5.41) is 0. The molecule has 2 unspecified atom stereocenters. The van der Waals surface area contributed by atoms with Crippen LogP contribution >= 0.6 is 0 Å². The number of hydrogen-bond acceptors (Lipinski definition) is 0. The van der Waals surface area contributed by atoms with Crippen molar-refractivity contribution in [2.45, 2.75) is 13.8 Å². The molecule has 1 rings (SSSR count). The highest BCUT2D eigenvalue weighted by atomic mass is 14.4. The van der Waals surface area contributed by atoms with Gasteiger partial charge in [-0.15, -0.1) is 6.58 Å². The Labute approximate surface area is 45.2 Å². The molecule has 1 aliphatic rings. The van der Waals surface area contributed by atoms with Crippen molar-refractivity contribution < 1.29 is 0 Å². The molecule has 0 N–H and O–H groups in total. The van der Waals surface area contributed by atoms with Gasteiger partial charge >= 0.3 is 0 Å². The van der Waals surface area contributed by atoms with Crippen LogP contribution in [0.15, 0.2) is 12.7 Å². The first kappa shape index (κ1) is 4.89. The van der Waals surface area contributed by atoms with E-state index in [9.17, 15) is 0 Å². The lowest BCUT2D eigenvalue weighted by atomic mass is 10.3. The lowest BCUT2D eigenvalue weighted by Gasteiger charge is -1.73. The molecule has 1 fully saturated rings. The Kier molecular flexibility index (Phi) is 0.949. The molecular formula is C7H12. The summed E-state index contributed by atoms with van der Waals surface area (Å²) in [5.41, 5.74) is 0. The van der Waals surface area contributed by atoms with Crippen molar-refractivity contribution in [1.29, 1.82) is 0 Å². The maximum Gasteiger partial charge on any atom is -0.0179 e. The first-order valence-electron chi connectivity index (χ1n) is 2.90. The minimum absolute atomic E-state index is 0.833. The number of rotatable bonds is 1. The van der Waals surface area contributed by atoms with Gasteiger partial charge in [0.1, 0.15) is 0 Å². The zero-order chi connectivity index (χ0) is 5.44. The summed E-state index contributed by atoms with van der Waals surface area (Å²) < 4.78 is 0. The van der Waals surface area contributed by atoms with Crippen LogP contribution in [0, 0.1) is 17.8 Å². The second kappa shape index (κ2) is 1.36. The zero-order valence-electron chi connectivity index (χ0n) is 5.02. The van der Waals surface area contributed by atoms with Crippen molar-refractivity contribution in [3.05, 3.63) is 12.7 Å². The Morgan fingerprint density at radius 2 is 1.71 bits per heavy atom. The maximum absolute atomic E-state index is 3.72. The average molecular weight is 96.2 g/mol. The van der Waals surface area contributed by atoms with E-state index in [2.05, 4.69) is 26.5 Å². The van der Waals surface area contributed by atoms with Gasteiger partial charge in [-0.1, -0.05) is 19.9 Å². The van der Waals surface area contributed by atoms with Crippen molar-refractivity contribution in [2.24, 2.45) is 17.8 Å². The van der Waals surface area contributed by atoms with Gasteiger partial charge in [-0.05, 0) is 17.8 Å². The molecule has 1 saturated carbocycles. The van der Waals surface area contributed by atoms with Crippen molar-refractivity contribution in [1.82, 2.24) is 0 Å². The molecule has 0 aromatic heterocycles. The molecule has 0 amide bonds. The third kappa shape index (κ3) is 0.583. The molecule has 0 aromatic carbocycles. The fourth-order valence-electron chi connectivity index (χ4n) is 1.13. The molecule has 7 heavy (non-hydrogen) atoms. The Morgan fingerprint density at radius 1 is 1.29 bits per heavy atom. The van der Waals surface area contributed by atoms with E-state index in [1.54, 1.807) is 0 Å². The molecule has 1 aliphatic carbocycles. The summed E-state index contributed by atoms with van der Waals surface area (Å²) in [7, 11) is 0. The monoisotopic (exact) mass is 96.1 g/mol. The SMILES string of the molecule is C=CC1C(C)C1C. The maximum atomic E-state index is 3.72. The van der Waals surface area contributed by atoms with Crippen molar-refractivity contribution in [3.63, 3.8) is 0 Å². The summed E-state index contributed by atoms with van der Waals surface area (Å²) >= 11 is 0. The molecule has 0 nitrogen and oxygen atoms in total. The van der Waals surface area contributed by atoms with Gasteiger partial charge in [0.15, 0.2) is 0 Å². The van der Waals surface area contributed by atoms with Gasteiger partial charge in [0.2, 0.25) is 0 Å². The highest BCUT2D eigenvalue weighted by Crippen LogP contribution is 2.45. The first-order valence-corrected chi connectivity index (χ1v) is 2.90. The van der Waals surface area contributed by atoms with Gasteiger partial charge < -0.3 is 0 Å². The topological polar surface area (TPSA) is 0 Å². The molecule has 0 aliphatic heterocycles. The quantitative estimate of drug-likeness (QED) is 0.438. The van der Waals surface area contributed by atoms with Crippen molar-refractivity contribution in [2.75, 3.05) is 0 Å². The Hall–Kier alpha value is -0.260. The summed E-state index contributed by atoms with van der Waals surface area (Å²) in [5.74, 6) is 2.66. The highest BCUT2D eigenvalue weighted by Gasteiger charge is 2.39. The van der Waals surface area contributed by atoms with Crippen LogP contribution in [0.1, 0.15) is 13.8 Å². The average Bonchev–Trinajstić information content (AvgIpc) is 2.17. The van der Waals surface area contributed by atoms with Crippen molar-refractivity contribution >= 4 is 0 Å². The van der Waals surface area contributed by atoms with Crippen molar-refractivity contribution in [3.8, 4) is 0 Å². The fourth-order valence-corrected chi connectivity index (χ4v) is 1.13. The van der Waals surface area contributed by atoms with Crippen LogP contribution in [0.5, 0.6) is 0 Å². The normalized spacial score (nSPS) is 48.6. The predicted molar refractivity (Wildman–Crippen MR) is 32.0 cm³/mol. The van der Waals surface area contributed by atoms with E-state index in [1.807, 2.05) is 0 Å². The fraction of sp³-hybridized carbons (Fsp3) is 0.714. The summed E-state index contributed by atoms with van der Waals surface area (Å²) in [4.78, 5) is 0. The van der Waals surface area contributed by atoms with Crippen LogP contribution < -0.4 is 0 Å². The van der Waals surface area contributed by atoms with Gasteiger partial charge in [0.05, 0.1) is 0 Å². The second-order valence-corrected chi connectivity index (χ2v) is 2.53. The lowest BCUT2D eigenvalue weighted by Crippen LogP contribution is -1.63. The molecule has 0 saturated heterocycles. The van der Waals surface area contributed by atoms with E-state index in [-0.39, 0.29) is 0 Å². The van der Waals surface area contributed by atoms with Gasteiger partial charge in [0, 0.05) is 0 Å². The summed E-state index contributed by atoms with van der Waals surface area (Å²) in [6.45, 7) is 8.27. The summed E-state index contributed by atoms with van der Waals surface area (Å²) in [6.07, 6.45) is 2.06. The minimum atomic E-state index is 0.833. The highest BCUT2D eigenvalue weighted by molar-refractivity contribution is 5.01. The van der Waals surface area contributed by atoms with E-state index in [1.165, 1.54) is 0 Å². The third-order valence-electron chi connectivity index (χ3n) is 2.17. The molecular weight excluding hydrogens is 84.1 g/mol. The van der Waals surface area contributed by atoms with Crippen LogP contribution in [-0.4, -0.2) is 0 Å². The molecule has 0 spiro atoms. The Morgan fingerprint density at radius 3 is 1.71 bits per heavy atom. The second-order valence-electron chi connectivity index (χ2n) is 2.53. The molecule has 0 bridgehead atoms. The van der Waals surface area contributed by atoms with Crippen LogP contribution in [0.2, 0.25) is 0 Å². The summed E-state index contributed by atoms with van der Waals surface area (Å²) in [6, 6.07) is 0. The van der Waals surface area contributed by atoms with Crippen LogP contribution in [0.3, 0.4) is 0 Å². The lowest BCUT2D eigenvalue weighted by molar-refractivity contribution is 0.834. The van der Waals surface area contributed by atoms with Gasteiger partial charge in [-0.3, -0.25) is 0 Å². The molecule has 2 atom stereocenters. The number of hydrogen-bond donors (Lipinski definition) is 0. The number of allylic oxidation sites excluding steroid dienone is 1. The Bertz CT molecular complexity index is 76.0. The Balaban J connectivity index is 2.37. The van der Waals surface area contributed by atoms with E-state index in [0.717, 1.165) is 17.8 Å². The van der Waals surface area contributed by atoms with Crippen LogP contribution in [-0.2, 0) is 0 Å². The smallest absolute Gasteiger partial charge is 0.0179 e. The van der Waals surface area contributed by atoms with E-state index in [4.69, 9.17) is 0 Å². The zero-order valence-corrected chi connectivity index (χ0v) is 5.02. The van der Waals surface area contributed by atoms with Crippen LogP contribution in [0.4, 0.5) is 0 Å². The molecule has 0 heteroatoms. The van der Waals surface area contributed by atoms with E-state index < -0.39 is 0 Å². The molecule has 40 valence electrons. The van der Waals surface area contributed by atoms with Gasteiger partial charge in [0.25, 0.3) is 0 Å².